The minimum atomic E-state index is -0.889. The van der Waals surface area contributed by atoms with Gasteiger partial charge in [-0.3, -0.25) is 14.4 Å². The summed E-state index contributed by atoms with van der Waals surface area (Å²) in [6.45, 7) is 7.26. The third kappa shape index (κ3) is 17.4. The number of hydrogen-bond acceptors (Lipinski definition) is 9. The Kier molecular flexibility index (Phi) is 14.2. The van der Waals surface area contributed by atoms with E-state index in [0.29, 0.717) is 0 Å². The van der Waals surface area contributed by atoms with E-state index >= 15 is 0 Å². The van der Waals surface area contributed by atoms with Crippen LogP contribution in [-0.4, -0.2) is 95.1 Å². The van der Waals surface area contributed by atoms with Gasteiger partial charge in [0, 0.05) is 18.5 Å². The second-order valence-electron chi connectivity index (χ2n) is 8.77. The van der Waals surface area contributed by atoms with Gasteiger partial charge in [-0.05, 0) is 20.9 Å². The minimum absolute atomic E-state index is 0.0686. The van der Waals surface area contributed by atoms with Crippen LogP contribution in [0, 0.1) is 5.41 Å². The predicted molar refractivity (Wildman–Crippen MR) is 122 cm³/mol. The number of primary amides is 1. The van der Waals surface area contributed by atoms with Gasteiger partial charge in [-0.25, -0.2) is 9.59 Å². The van der Waals surface area contributed by atoms with Gasteiger partial charge in [0.2, 0.25) is 17.7 Å². The van der Waals surface area contributed by atoms with Crippen LogP contribution in [0.3, 0.4) is 0 Å². The number of amides is 5. The quantitative estimate of drug-likeness (QED) is 0.135. The Morgan fingerprint density at radius 2 is 1.26 bits per heavy atom. The molecule has 0 radical (unpaired) electrons. The van der Waals surface area contributed by atoms with Crippen molar-refractivity contribution in [2.24, 2.45) is 11.1 Å². The van der Waals surface area contributed by atoms with Crippen LogP contribution < -0.4 is 32.3 Å². The van der Waals surface area contributed by atoms with Gasteiger partial charge in [0.1, 0.15) is 12.2 Å². The minimum Gasteiger partial charge on any atom is -0.449 e. The van der Waals surface area contributed by atoms with Crippen LogP contribution in [0.25, 0.3) is 0 Å². The molecule has 0 aromatic carbocycles. The molecular weight excluding hydrogens is 452 g/mol. The number of alkyl carbamates (subject to hydrolysis) is 1. The standard InChI is InChI=1S/C20H38N6O8/c1-19(2,11-32-13-20(3,4)34-17(21)30)12-33-18(31)24-7-6-23-15(28)9-26-16(29)10-25-14(27)8-22-5/h22H,6-13H2,1-5H3,(H2,21,30)(H,23,28)(H,24,31)(H,25,27)(H,26,29). The number of hydrogen-bond donors (Lipinski definition) is 6. The number of carbonyl (C=O) groups excluding carboxylic acids is 5. The fraction of sp³-hybridized carbons (Fsp3) is 0.750. The van der Waals surface area contributed by atoms with Crippen LogP contribution >= 0.6 is 0 Å². The first-order chi connectivity index (χ1) is 15.8. The molecule has 0 aromatic heterocycles. The first-order valence-electron chi connectivity index (χ1n) is 10.7. The monoisotopic (exact) mass is 490 g/mol. The van der Waals surface area contributed by atoms with E-state index in [2.05, 4.69) is 26.6 Å². The third-order valence-electron chi connectivity index (χ3n) is 3.86. The first-order valence-corrected chi connectivity index (χ1v) is 10.7. The van der Waals surface area contributed by atoms with Crippen LogP contribution in [0.2, 0.25) is 0 Å². The maximum Gasteiger partial charge on any atom is 0.407 e. The lowest BCUT2D eigenvalue weighted by Gasteiger charge is -2.28. The van der Waals surface area contributed by atoms with Crippen molar-refractivity contribution in [3.63, 3.8) is 0 Å². The molecule has 5 amide bonds. The molecular formula is C20H38N6O8. The van der Waals surface area contributed by atoms with Gasteiger partial charge < -0.3 is 46.5 Å². The molecule has 0 rings (SSSR count). The predicted octanol–water partition coefficient (Wildman–Crippen LogP) is -1.80. The normalized spacial score (nSPS) is 11.2. The third-order valence-corrected chi connectivity index (χ3v) is 3.86. The SMILES string of the molecule is CNCC(=O)NCC(=O)NCC(=O)NCCNC(=O)OCC(C)(C)COCC(C)(C)OC(N)=O. The number of likely N-dealkylation sites (N-methyl/N-ethyl adjacent to an activating group) is 1. The molecule has 0 aliphatic heterocycles. The second kappa shape index (κ2) is 15.7. The molecule has 0 heterocycles. The van der Waals surface area contributed by atoms with Crippen molar-refractivity contribution in [2.45, 2.75) is 33.3 Å². The van der Waals surface area contributed by atoms with E-state index in [1.807, 2.05) is 13.8 Å². The van der Waals surface area contributed by atoms with Crippen molar-refractivity contribution in [2.75, 3.05) is 59.6 Å². The molecule has 0 fully saturated rings. The summed E-state index contributed by atoms with van der Waals surface area (Å²) in [6.07, 6.45) is -1.55. The highest BCUT2D eigenvalue weighted by Crippen LogP contribution is 2.18. The number of carbonyl (C=O) groups is 5. The molecule has 0 bridgehead atoms. The van der Waals surface area contributed by atoms with Crippen molar-refractivity contribution < 1.29 is 38.2 Å². The molecule has 196 valence electrons. The van der Waals surface area contributed by atoms with Crippen molar-refractivity contribution in [1.82, 2.24) is 26.6 Å². The average molecular weight is 491 g/mol. The van der Waals surface area contributed by atoms with Crippen molar-refractivity contribution in [1.29, 1.82) is 0 Å². The molecule has 0 unspecified atom stereocenters. The van der Waals surface area contributed by atoms with Crippen LogP contribution in [0.4, 0.5) is 9.59 Å². The maximum atomic E-state index is 11.8. The Bertz CT molecular complexity index is 699. The molecule has 34 heavy (non-hydrogen) atoms. The highest BCUT2D eigenvalue weighted by atomic mass is 16.6. The largest absolute Gasteiger partial charge is 0.449 e. The Balaban J connectivity index is 3.95. The van der Waals surface area contributed by atoms with Gasteiger partial charge in [0.25, 0.3) is 0 Å². The molecule has 0 aliphatic rings. The summed E-state index contributed by atoms with van der Waals surface area (Å²) in [7, 11) is 1.60. The van der Waals surface area contributed by atoms with Crippen LogP contribution in [0.15, 0.2) is 0 Å². The fourth-order valence-corrected chi connectivity index (χ4v) is 2.30. The van der Waals surface area contributed by atoms with Crippen molar-refractivity contribution in [3.8, 4) is 0 Å². The smallest absolute Gasteiger partial charge is 0.407 e. The lowest BCUT2D eigenvalue weighted by Crippen LogP contribution is -2.44. The van der Waals surface area contributed by atoms with E-state index in [-0.39, 0.29) is 58.5 Å². The van der Waals surface area contributed by atoms with Gasteiger partial charge in [0.05, 0.1) is 32.8 Å². The number of rotatable bonds is 16. The summed E-state index contributed by atoms with van der Waals surface area (Å²) < 4.78 is 15.6. The highest BCUT2D eigenvalue weighted by molar-refractivity contribution is 5.88. The summed E-state index contributed by atoms with van der Waals surface area (Å²) in [6, 6.07) is 0. The highest BCUT2D eigenvalue weighted by Gasteiger charge is 2.26. The van der Waals surface area contributed by atoms with Gasteiger partial charge in [-0.1, -0.05) is 13.8 Å². The van der Waals surface area contributed by atoms with E-state index in [4.69, 9.17) is 19.9 Å². The first kappa shape index (κ1) is 30.9. The zero-order valence-corrected chi connectivity index (χ0v) is 20.5. The average Bonchev–Trinajstić information content (AvgIpc) is 2.71. The molecule has 0 aromatic rings. The number of ether oxygens (including phenoxy) is 3. The Labute approximate surface area is 199 Å². The van der Waals surface area contributed by atoms with Crippen LogP contribution in [0.5, 0.6) is 0 Å². The van der Waals surface area contributed by atoms with Gasteiger partial charge in [-0.15, -0.1) is 0 Å². The van der Waals surface area contributed by atoms with E-state index in [9.17, 15) is 24.0 Å². The van der Waals surface area contributed by atoms with Crippen LogP contribution in [-0.2, 0) is 28.6 Å². The van der Waals surface area contributed by atoms with E-state index in [1.54, 1.807) is 20.9 Å². The molecule has 7 N–H and O–H groups in total. The second-order valence-corrected chi connectivity index (χ2v) is 8.77. The maximum absolute atomic E-state index is 11.8. The number of nitrogens with one attached hydrogen (secondary N) is 5. The zero-order chi connectivity index (χ0) is 26.2. The van der Waals surface area contributed by atoms with E-state index in [0.717, 1.165) is 0 Å². The summed E-state index contributed by atoms with van der Waals surface area (Å²) in [5.74, 6) is -1.29. The lowest BCUT2D eigenvalue weighted by molar-refractivity contribution is -0.127. The topological polar surface area (TPSA) is 199 Å². The summed E-state index contributed by atoms with van der Waals surface area (Å²) in [5.41, 5.74) is 3.62. The van der Waals surface area contributed by atoms with Crippen molar-refractivity contribution in [3.05, 3.63) is 0 Å². The summed E-state index contributed by atoms with van der Waals surface area (Å²) >= 11 is 0. The molecule has 0 saturated carbocycles. The fourth-order valence-electron chi connectivity index (χ4n) is 2.30. The summed E-state index contributed by atoms with van der Waals surface area (Å²) in [4.78, 5) is 57.2. The molecule has 0 spiro atoms. The van der Waals surface area contributed by atoms with Gasteiger partial charge in [0.15, 0.2) is 0 Å². The summed E-state index contributed by atoms with van der Waals surface area (Å²) in [5, 5.41) is 12.4. The Hall–Kier alpha value is -3.13. The van der Waals surface area contributed by atoms with Gasteiger partial charge >= 0.3 is 12.2 Å². The Morgan fingerprint density at radius 1 is 0.735 bits per heavy atom. The van der Waals surface area contributed by atoms with E-state index in [1.165, 1.54) is 0 Å². The zero-order valence-electron chi connectivity index (χ0n) is 20.5. The van der Waals surface area contributed by atoms with E-state index < -0.39 is 35.0 Å². The lowest BCUT2D eigenvalue weighted by atomic mass is 9.96. The van der Waals surface area contributed by atoms with Crippen molar-refractivity contribution >= 4 is 29.9 Å². The van der Waals surface area contributed by atoms with Crippen LogP contribution in [0.1, 0.15) is 27.7 Å². The molecule has 0 saturated heterocycles. The molecule has 0 aliphatic carbocycles. The molecule has 0 atom stereocenters. The number of nitrogens with two attached hydrogens (primary N) is 1. The molecule has 14 heteroatoms. The Morgan fingerprint density at radius 3 is 1.82 bits per heavy atom. The van der Waals surface area contributed by atoms with Gasteiger partial charge in [-0.2, -0.15) is 0 Å². The molecule has 14 nitrogen and oxygen atoms in total.